The minimum Gasteiger partial charge on any atom is -0.366 e. The summed E-state index contributed by atoms with van der Waals surface area (Å²) in [6.45, 7) is 4.29. The van der Waals surface area contributed by atoms with E-state index in [9.17, 15) is 4.79 Å². The summed E-state index contributed by atoms with van der Waals surface area (Å²) in [4.78, 5) is 18.3. The minimum atomic E-state index is -0.416. The van der Waals surface area contributed by atoms with Crippen molar-refractivity contribution in [3.05, 3.63) is 65.2 Å². The third-order valence-corrected chi connectivity index (χ3v) is 4.10. The van der Waals surface area contributed by atoms with Crippen molar-refractivity contribution in [2.45, 2.75) is 19.9 Å². The van der Waals surface area contributed by atoms with Gasteiger partial charge >= 0.3 is 0 Å². The number of hydrogen-bond acceptors (Lipinski definition) is 2. The number of guanidine groups is 1. The van der Waals surface area contributed by atoms with Crippen LogP contribution in [0.25, 0.3) is 0 Å². The lowest BCUT2D eigenvalue weighted by Gasteiger charge is -2.22. The van der Waals surface area contributed by atoms with E-state index in [4.69, 9.17) is 10.7 Å². The average Bonchev–Trinajstić information content (AvgIpc) is 3.03. The molecule has 1 amide bonds. The number of benzene rings is 2. The van der Waals surface area contributed by atoms with E-state index in [1.807, 2.05) is 12.1 Å². The maximum Gasteiger partial charge on any atom is 0.248 e. The number of amides is 1. The average molecular weight is 322 g/mol. The van der Waals surface area contributed by atoms with Crippen molar-refractivity contribution in [2.24, 2.45) is 10.7 Å². The largest absolute Gasteiger partial charge is 0.366 e. The minimum absolute atomic E-state index is 0.416. The molecule has 0 aliphatic carbocycles. The lowest BCUT2D eigenvalue weighted by atomic mass is 10.1. The predicted molar refractivity (Wildman–Crippen MR) is 97.3 cm³/mol. The van der Waals surface area contributed by atoms with Gasteiger partial charge in [0, 0.05) is 24.3 Å². The second kappa shape index (κ2) is 7.17. The second-order valence-corrected chi connectivity index (χ2v) is 5.77. The molecule has 0 aromatic heterocycles. The standard InChI is InChI=1S/C19H22N4O/c1-2-21-19(23-11-10-15-7-3-4-9-17(15)23)22-13-14-6-5-8-16(12-14)18(20)24/h3-9,12H,2,10-11,13H2,1H3,(H2,20,24)(H,21,22). The Morgan fingerprint density at radius 3 is 2.88 bits per heavy atom. The maximum absolute atomic E-state index is 11.3. The van der Waals surface area contributed by atoms with E-state index in [2.05, 4.69) is 41.4 Å². The van der Waals surface area contributed by atoms with Gasteiger partial charge in [0.2, 0.25) is 5.91 Å². The van der Waals surface area contributed by atoms with E-state index in [0.717, 1.165) is 31.0 Å². The fraction of sp³-hybridized carbons (Fsp3) is 0.263. The van der Waals surface area contributed by atoms with Crippen LogP contribution in [0, 0.1) is 0 Å². The van der Waals surface area contributed by atoms with Gasteiger partial charge in [-0.05, 0) is 42.7 Å². The number of nitrogens with zero attached hydrogens (tertiary/aromatic N) is 2. The van der Waals surface area contributed by atoms with E-state index in [1.54, 1.807) is 12.1 Å². The highest BCUT2D eigenvalue weighted by Gasteiger charge is 2.22. The molecular formula is C19H22N4O. The van der Waals surface area contributed by atoms with Gasteiger partial charge in [0.1, 0.15) is 0 Å². The molecule has 0 bridgehead atoms. The summed E-state index contributed by atoms with van der Waals surface area (Å²) in [7, 11) is 0. The van der Waals surface area contributed by atoms with Crippen molar-refractivity contribution >= 4 is 17.6 Å². The number of carbonyl (C=O) groups excluding carboxylic acids is 1. The summed E-state index contributed by atoms with van der Waals surface area (Å²) < 4.78 is 0. The highest BCUT2D eigenvalue weighted by Crippen LogP contribution is 2.27. The highest BCUT2D eigenvalue weighted by atomic mass is 16.1. The molecule has 2 aromatic rings. The molecule has 124 valence electrons. The van der Waals surface area contributed by atoms with Crippen molar-refractivity contribution in [1.29, 1.82) is 0 Å². The van der Waals surface area contributed by atoms with E-state index in [1.165, 1.54) is 11.3 Å². The van der Waals surface area contributed by atoms with Crippen molar-refractivity contribution in [3.63, 3.8) is 0 Å². The molecule has 0 saturated carbocycles. The lowest BCUT2D eigenvalue weighted by molar-refractivity contribution is 0.1000. The summed E-state index contributed by atoms with van der Waals surface area (Å²) in [5, 5.41) is 3.36. The van der Waals surface area contributed by atoms with Crippen LogP contribution in [0.4, 0.5) is 5.69 Å². The van der Waals surface area contributed by atoms with Crippen LogP contribution in [0.2, 0.25) is 0 Å². The summed E-state index contributed by atoms with van der Waals surface area (Å²) in [5.74, 6) is 0.452. The zero-order valence-electron chi connectivity index (χ0n) is 13.8. The number of para-hydroxylation sites is 1. The molecule has 0 fully saturated rings. The number of primary amides is 1. The van der Waals surface area contributed by atoms with Crippen LogP contribution in [0.1, 0.15) is 28.4 Å². The Kier molecular flexibility index (Phi) is 4.79. The number of carbonyl (C=O) groups is 1. The first kappa shape index (κ1) is 16.1. The Hall–Kier alpha value is -2.82. The zero-order chi connectivity index (χ0) is 16.9. The molecule has 5 nitrogen and oxygen atoms in total. The second-order valence-electron chi connectivity index (χ2n) is 5.77. The van der Waals surface area contributed by atoms with Crippen molar-refractivity contribution in [3.8, 4) is 0 Å². The SMILES string of the molecule is CCNC(=NCc1cccc(C(N)=O)c1)N1CCc2ccccc21. The molecule has 3 N–H and O–H groups in total. The van der Waals surface area contributed by atoms with Gasteiger partial charge < -0.3 is 16.0 Å². The third kappa shape index (κ3) is 3.40. The quantitative estimate of drug-likeness (QED) is 0.670. The van der Waals surface area contributed by atoms with Crippen molar-refractivity contribution in [2.75, 3.05) is 18.0 Å². The van der Waals surface area contributed by atoms with Crippen molar-refractivity contribution in [1.82, 2.24) is 5.32 Å². The van der Waals surface area contributed by atoms with E-state index in [-0.39, 0.29) is 0 Å². The molecule has 0 radical (unpaired) electrons. The Morgan fingerprint density at radius 2 is 2.08 bits per heavy atom. The third-order valence-electron chi connectivity index (χ3n) is 4.10. The van der Waals surface area contributed by atoms with Crippen LogP contribution in [-0.2, 0) is 13.0 Å². The predicted octanol–water partition coefficient (Wildman–Crippen LogP) is 2.31. The first-order valence-electron chi connectivity index (χ1n) is 8.21. The molecule has 1 heterocycles. The fourth-order valence-corrected chi connectivity index (χ4v) is 2.94. The molecule has 1 aliphatic heterocycles. The molecule has 0 unspecified atom stereocenters. The normalized spacial score (nSPS) is 13.7. The number of hydrogen-bond donors (Lipinski definition) is 2. The zero-order valence-corrected chi connectivity index (χ0v) is 13.8. The van der Waals surface area contributed by atoms with Gasteiger partial charge in [-0.1, -0.05) is 30.3 Å². The summed E-state index contributed by atoms with van der Waals surface area (Å²) in [5.41, 5.74) is 9.38. The summed E-state index contributed by atoms with van der Waals surface area (Å²) in [6.07, 6.45) is 1.03. The van der Waals surface area contributed by atoms with Gasteiger partial charge in [-0.2, -0.15) is 0 Å². The van der Waals surface area contributed by atoms with Crippen molar-refractivity contribution < 1.29 is 4.79 Å². The van der Waals surface area contributed by atoms with Crippen LogP contribution in [-0.4, -0.2) is 25.0 Å². The van der Waals surface area contributed by atoms with E-state index in [0.29, 0.717) is 12.1 Å². The Balaban J connectivity index is 1.83. The first-order chi connectivity index (χ1) is 11.7. The Labute approximate surface area is 142 Å². The monoisotopic (exact) mass is 322 g/mol. The van der Waals surface area contributed by atoms with E-state index < -0.39 is 5.91 Å². The van der Waals surface area contributed by atoms with Gasteiger partial charge in [0.25, 0.3) is 0 Å². The molecule has 0 atom stereocenters. The molecule has 1 aliphatic rings. The molecule has 3 rings (SSSR count). The molecule has 2 aromatic carbocycles. The smallest absolute Gasteiger partial charge is 0.248 e. The van der Waals surface area contributed by atoms with Gasteiger partial charge in [-0.25, -0.2) is 4.99 Å². The lowest BCUT2D eigenvalue weighted by Crippen LogP contribution is -2.40. The van der Waals surface area contributed by atoms with Gasteiger partial charge in [0.05, 0.1) is 6.54 Å². The number of nitrogens with two attached hydrogens (primary N) is 1. The summed E-state index contributed by atoms with van der Waals surface area (Å²) >= 11 is 0. The first-order valence-corrected chi connectivity index (χ1v) is 8.21. The maximum atomic E-state index is 11.3. The highest BCUT2D eigenvalue weighted by molar-refractivity contribution is 5.98. The number of nitrogens with one attached hydrogen (secondary N) is 1. The van der Waals surface area contributed by atoms with Gasteiger partial charge in [-0.15, -0.1) is 0 Å². The molecule has 24 heavy (non-hydrogen) atoms. The summed E-state index contributed by atoms with van der Waals surface area (Å²) in [6, 6.07) is 15.7. The molecule has 0 spiro atoms. The topological polar surface area (TPSA) is 70.7 Å². The van der Waals surface area contributed by atoms with Gasteiger partial charge in [0.15, 0.2) is 5.96 Å². The van der Waals surface area contributed by atoms with Crippen LogP contribution in [0.3, 0.4) is 0 Å². The molecule has 0 saturated heterocycles. The van der Waals surface area contributed by atoms with Crippen LogP contribution in [0.15, 0.2) is 53.5 Å². The van der Waals surface area contributed by atoms with Crippen LogP contribution in [0.5, 0.6) is 0 Å². The van der Waals surface area contributed by atoms with Gasteiger partial charge in [-0.3, -0.25) is 4.79 Å². The number of aliphatic imine (C=N–C) groups is 1. The molecular weight excluding hydrogens is 300 g/mol. The fourth-order valence-electron chi connectivity index (χ4n) is 2.94. The van der Waals surface area contributed by atoms with Crippen LogP contribution >= 0.6 is 0 Å². The van der Waals surface area contributed by atoms with E-state index >= 15 is 0 Å². The van der Waals surface area contributed by atoms with Crippen LogP contribution < -0.4 is 16.0 Å². The number of anilines is 1. The Morgan fingerprint density at radius 1 is 1.25 bits per heavy atom. The molecule has 5 heteroatoms. The number of rotatable bonds is 4. The number of fused-ring (bicyclic) bond motifs is 1. The Bertz CT molecular complexity index is 769.